The molecule has 0 amide bonds. The lowest BCUT2D eigenvalue weighted by molar-refractivity contribution is 0.425. The molecule has 0 fully saturated rings. The molecule has 0 aliphatic heterocycles. The van der Waals surface area contributed by atoms with Crippen molar-refractivity contribution in [2.45, 2.75) is 0 Å². The molecule has 0 aliphatic rings. The maximum atomic E-state index is 9.69. The Bertz CT molecular complexity index is 727. The highest BCUT2D eigenvalue weighted by atomic mass is 79.9. The van der Waals surface area contributed by atoms with E-state index in [9.17, 15) is 5.11 Å². The minimum atomic E-state index is 0.00643. The number of aromatic hydroxyl groups is 1. The fraction of sp³-hybridized carbons (Fsp3) is 0. The summed E-state index contributed by atoms with van der Waals surface area (Å²) in [5.41, 5.74) is 1.29. The van der Waals surface area contributed by atoms with Crippen LogP contribution in [0, 0.1) is 0 Å². The van der Waals surface area contributed by atoms with Crippen LogP contribution in [0.2, 0.25) is 0 Å². The second-order valence-corrected chi connectivity index (χ2v) is 4.74. The van der Waals surface area contributed by atoms with Gasteiger partial charge in [0, 0.05) is 16.2 Å². The molecule has 2 aromatic heterocycles. The summed E-state index contributed by atoms with van der Waals surface area (Å²) in [6.07, 6.45) is 2.89. The molecular formula is C13H8BrN3O2. The van der Waals surface area contributed by atoms with Crippen molar-refractivity contribution in [3.63, 3.8) is 0 Å². The van der Waals surface area contributed by atoms with Gasteiger partial charge in [-0.05, 0) is 18.2 Å². The first kappa shape index (κ1) is 11.9. The summed E-state index contributed by atoms with van der Waals surface area (Å²) < 4.78 is 6.10. The monoisotopic (exact) mass is 317 g/mol. The fourth-order valence-electron chi connectivity index (χ4n) is 1.64. The minimum Gasteiger partial charge on any atom is -0.505 e. The second kappa shape index (κ2) is 4.81. The lowest BCUT2D eigenvalue weighted by atomic mass is 10.2. The first-order valence-electron chi connectivity index (χ1n) is 5.47. The van der Waals surface area contributed by atoms with Gasteiger partial charge in [0.2, 0.25) is 5.82 Å². The third-order valence-electron chi connectivity index (χ3n) is 2.54. The van der Waals surface area contributed by atoms with Crippen LogP contribution in [-0.4, -0.2) is 20.2 Å². The van der Waals surface area contributed by atoms with Gasteiger partial charge in [-0.2, -0.15) is 4.98 Å². The lowest BCUT2D eigenvalue weighted by Gasteiger charge is -1.96. The van der Waals surface area contributed by atoms with Crippen molar-refractivity contribution in [1.29, 1.82) is 0 Å². The van der Waals surface area contributed by atoms with E-state index in [0.29, 0.717) is 11.4 Å². The molecule has 19 heavy (non-hydrogen) atoms. The Labute approximate surface area is 117 Å². The van der Waals surface area contributed by atoms with Gasteiger partial charge >= 0.3 is 0 Å². The molecule has 2 heterocycles. The van der Waals surface area contributed by atoms with E-state index in [4.69, 9.17) is 4.52 Å². The molecule has 0 bridgehead atoms. The number of rotatable bonds is 2. The Morgan fingerprint density at radius 1 is 1.21 bits per heavy atom. The molecule has 0 saturated heterocycles. The van der Waals surface area contributed by atoms with Gasteiger partial charge in [-0.3, -0.25) is 4.98 Å². The molecule has 3 rings (SSSR count). The number of aromatic nitrogens is 3. The molecule has 1 N–H and O–H groups in total. The average molecular weight is 318 g/mol. The molecular weight excluding hydrogens is 310 g/mol. The molecule has 0 atom stereocenters. The summed E-state index contributed by atoms with van der Waals surface area (Å²) in [7, 11) is 0. The molecule has 94 valence electrons. The van der Waals surface area contributed by atoms with Crippen molar-refractivity contribution in [3.05, 3.63) is 47.2 Å². The number of hydrogen-bond acceptors (Lipinski definition) is 5. The topological polar surface area (TPSA) is 72.0 Å². The van der Waals surface area contributed by atoms with E-state index >= 15 is 0 Å². The maximum absolute atomic E-state index is 9.69. The van der Waals surface area contributed by atoms with E-state index in [1.807, 2.05) is 24.3 Å². The molecule has 0 unspecified atom stereocenters. The van der Waals surface area contributed by atoms with Crippen LogP contribution >= 0.6 is 15.9 Å². The zero-order valence-corrected chi connectivity index (χ0v) is 11.2. The highest BCUT2D eigenvalue weighted by Crippen LogP contribution is 2.28. The quantitative estimate of drug-likeness (QED) is 0.785. The molecule has 0 radical (unpaired) electrons. The Balaban J connectivity index is 2.03. The standard InChI is InChI=1S/C13H8BrN3O2/c14-9-3-1-2-8(6-9)12-16-13(19-17-12)10-4-5-15-7-11(10)18/h1-7,18H. The Hall–Kier alpha value is -2.21. The Morgan fingerprint density at radius 2 is 2.11 bits per heavy atom. The van der Waals surface area contributed by atoms with Crippen molar-refractivity contribution in [2.75, 3.05) is 0 Å². The van der Waals surface area contributed by atoms with Gasteiger partial charge in [0.15, 0.2) is 0 Å². The van der Waals surface area contributed by atoms with E-state index in [2.05, 4.69) is 31.1 Å². The first-order valence-corrected chi connectivity index (χ1v) is 6.26. The van der Waals surface area contributed by atoms with E-state index in [1.54, 1.807) is 12.3 Å². The summed E-state index contributed by atoms with van der Waals surface area (Å²) in [6.45, 7) is 0. The highest BCUT2D eigenvalue weighted by molar-refractivity contribution is 9.10. The van der Waals surface area contributed by atoms with Crippen LogP contribution in [0.3, 0.4) is 0 Å². The van der Waals surface area contributed by atoms with Crippen LogP contribution in [0.25, 0.3) is 22.8 Å². The molecule has 0 saturated carbocycles. The maximum Gasteiger partial charge on any atom is 0.262 e. The van der Waals surface area contributed by atoms with Crippen LogP contribution in [0.5, 0.6) is 5.75 Å². The summed E-state index contributed by atoms with van der Waals surface area (Å²) in [5.74, 6) is 0.731. The van der Waals surface area contributed by atoms with Gasteiger partial charge in [0.1, 0.15) is 5.75 Å². The Morgan fingerprint density at radius 3 is 2.89 bits per heavy atom. The number of nitrogens with zero attached hydrogens (tertiary/aromatic N) is 3. The third-order valence-corrected chi connectivity index (χ3v) is 3.03. The zero-order chi connectivity index (χ0) is 13.2. The zero-order valence-electron chi connectivity index (χ0n) is 9.62. The molecule has 3 aromatic rings. The van der Waals surface area contributed by atoms with Crippen molar-refractivity contribution < 1.29 is 9.63 Å². The van der Waals surface area contributed by atoms with Gasteiger partial charge in [-0.25, -0.2) is 0 Å². The van der Waals surface area contributed by atoms with Crippen LogP contribution < -0.4 is 0 Å². The van der Waals surface area contributed by atoms with Crippen LogP contribution in [0.15, 0.2) is 51.7 Å². The molecule has 5 nitrogen and oxygen atoms in total. The van der Waals surface area contributed by atoms with E-state index < -0.39 is 0 Å². The number of benzene rings is 1. The van der Waals surface area contributed by atoms with Gasteiger partial charge in [-0.15, -0.1) is 0 Å². The van der Waals surface area contributed by atoms with E-state index in [0.717, 1.165) is 10.0 Å². The molecule has 6 heteroatoms. The first-order chi connectivity index (χ1) is 9.24. The SMILES string of the molecule is Oc1cnccc1-c1nc(-c2cccc(Br)c2)no1. The summed E-state index contributed by atoms with van der Waals surface area (Å²) in [6, 6.07) is 9.19. The number of halogens is 1. The molecule has 0 spiro atoms. The predicted octanol–water partition coefficient (Wildman–Crippen LogP) is 3.27. The van der Waals surface area contributed by atoms with Crippen molar-refractivity contribution in [1.82, 2.24) is 15.1 Å². The van der Waals surface area contributed by atoms with E-state index in [1.165, 1.54) is 6.20 Å². The number of pyridine rings is 1. The van der Waals surface area contributed by atoms with Gasteiger partial charge in [0.05, 0.1) is 11.8 Å². The van der Waals surface area contributed by atoms with Gasteiger partial charge in [0.25, 0.3) is 5.89 Å². The smallest absolute Gasteiger partial charge is 0.262 e. The number of hydrogen-bond donors (Lipinski definition) is 1. The summed E-state index contributed by atoms with van der Waals surface area (Å²) >= 11 is 3.39. The van der Waals surface area contributed by atoms with Crippen molar-refractivity contribution >= 4 is 15.9 Å². The lowest BCUT2D eigenvalue weighted by Crippen LogP contribution is -1.82. The van der Waals surface area contributed by atoms with Crippen molar-refractivity contribution in [2.24, 2.45) is 0 Å². The van der Waals surface area contributed by atoms with Crippen LogP contribution in [-0.2, 0) is 0 Å². The van der Waals surface area contributed by atoms with Crippen molar-refractivity contribution in [3.8, 4) is 28.6 Å². The summed E-state index contributed by atoms with van der Waals surface area (Å²) in [5, 5.41) is 13.6. The van der Waals surface area contributed by atoms with Crippen LogP contribution in [0.4, 0.5) is 0 Å². The van der Waals surface area contributed by atoms with Crippen LogP contribution in [0.1, 0.15) is 0 Å². The Kier molecular flexibility index (Phi) is 3.00. The fourth-order valence-corrected chi connectivity index (χ4v) is 2.04. The average Bonchev–Trinajstić information content (AvgIpc) is 2.89. The van der Waals surface area contributed by atoms with Gasteiger partial charge in [-0.1, -0.05) is 33.2 Å². The second-order valence-electron chi connectivity index (χ2n) is 3.83. The third kappa shape index (κ3) is 2.34. The minimum absolute atomic E-state index is 0.00643. The molecule has 0 aliphatic carbocycles. The van der Waals surface area contributed by atoms with E-state index in [-0.39, 0.29) is 11.6 Å². The largest absolute Gasteiger partial charge is 0.505 e. The highest BCUT2D eigenvalue weighted by Gasteiger charge is 2.13. The van der Waals surface area contributed by atoms with Gasteiger partial charge < -0.3 is 9.63 Å². The summed E-state index contributed by atoms with van der Waals surface area (Å²) in [4.78, 5) is 8.07. The molecule has 1 aromatic carbocycles. The predicted molar refractivity (Wildman–Crippen MR) is 72.3 cm³/mol. The normalized spacial score (nSPS) is 10.6.